The molecule has 0 unspecified atom stereocenters. The van der Waals surface area contributed by atoms with Crippen LogP contribution in [0.2, 0.25) is 5.02 Å². The first kappa shape index (κ1) is 36.8. The van der Waals surface area contributed by atoms with E-state index >= 15 is 0 Å². The van der Waals surface area contributed by atoms with Crippen LogP contribution in [-0.2, 0) is 32.6 Å². The van der Waals surface area contributed by atoms with Crippen molar-refractivity contribution in [2.75, 3.05) is 25.1 Å². The molecule has 2 atom stereocenters. The van der Waals surface area contributed by atoms with Gasteiger partial charge in [0.05, 0.1) is 24.8 Å². The van der Waals surface area contributed by atoms with E-state index in [0.717, 1.165) is 19.9 Å². The summed E-state index contributed by atoms with van der Waals surface area (Å²) in [6.45, 7) is 3.32. The van der Waals surface area contributed by atoms with E-state index in [0.29, 0.717) is 17.2 Å². The summed E-state index contributed by atoms with van der Waals surface area (Å²) < 4.78 is 41.3. The maximum atomic E-state index is 14.6. The minimum Gasteiger partial charge on any atom is -0.493 e. The second-order valence-electron chi connectivity index (χ2n) is 11.2. The number of nitrogens with zero attached hydrogens (tertiary/aromatic N) is 2. The maximum Gasteiger partial charge on any atom is 0.264 e. The van der Waals surface area contributed by atoms with E-state index in [1.807, 2.05) is 68.4 Å². The molecular weight excluding hydrogens is 718 g/mol. The molecule has 4 aromatic carbocycles. The Morgan fingerprint density at radius 1 is 0.875 bits per heavy atom. The minimum atomic E-state index is -4.36. The summed E-state index contributed by atoms with van der Waals surface area (Å²) in [5.41, 5.74) is 1.83. The second kappa shape index (κ2) is 16.9. The smallest absolute Gasteiger partial charge is 0.264 e. The molecule has 0 spiro atoms. The van der Waals surface area contributed by atoms with Gasteiger partial charge in [0.2, 0.25) is 11.8 Å². The highest BCUT2D eigenvalue weighted by molar-refractivity contribution is 9.10. The molecule has 2 amide bonds. The first-order valence-corrected chi connectivity index (χ1v) is 18.0. The Kier molecular flexibility index (Phi) is 12.9. The van der Waals surface area contributed by atoms with Gasteiger partial charge in [-0.15, -0.1) is 0 Å². The summed E-state index contributed by atoms with van der Waals surface area (Å²) in [5.74, 6) is -0.346. The van der Waals surface area contributed by atoms with Gasteiger partial charge in [-0.3, -0.25) is 13.9 Å². The molecule has 0 saturated carbocycles. The molecule has 0 fully saturated rings. The summed E-state index contributed by atoms with van der Waals surface area (Å²) >= 11 is 9.62. The summed E-state index contributed by atoms with van der Waals surface area (Å²) in [7, 11) is -1.50. The fourth-order valence-electron chi connectivity index (χ4n) is 5.02. The van der Waals surface area contributed by atoms with Gasteiger partial charge < -0.3 is 19.7 Å². The molecule has 0 bridgehead atoms. The number of amides is 2. The Labute approximate surface area is 296 Å². The van der Waals surface area contributed by atoms with E-state index in [1.54, 1.807) is 12.1 Å². The zero-order chi connectivity index (χ0) is 34.8. The number of hydrogen-bond donors (Lipinski definition) is 1. The highest BCUT2D eigenvalue weighted by Crippen LogP contribution is 2.33. The number of benzene rings is 4. The Bertz CT molecular complexity index is 1790. The first-order valence-electron chi connectivity index (χ1n) is 15.3. The van der Waals surface area contributed by atoms with Crippen LogP contribution in [0.25, 0.3) is 0 Å². The van der Waals surface area contributed by atoms with Crippen molar-refractivity contribution in [1.29, 1.82) is 0 Å². The topological polar surface area (TPSA) is 105 Å². The van der Waals surface area contributed by atoms with Gasteiger partial charge in [0.25, 0.3) is 10.0 Å². The van der Waals surface area contributed by atoms with Crippen LogP contribution in [0.3, 0.4) is 0 Å². The van der Waals surface area contributed by atoms with Crippen molar-refractivity contribution in [3.8, 4) is 11.5 Å². The van der Waals surface area contributed by atoms with Crippen LogP contribution < -0.4 is 19.1 Å². The molecule has 0 aromatic heterocycles. The van der Waals surface area contributed by atoms with Crippen molar-refractivity contribution in [3.63, 3.8) is 0 Å². The quantitative estimate of drug-likeness (QED) is 0.142. The second-order valence-corrected chi connectivity index (χ2v) is 14.4. The first-order chi connectivity index (χ1) is 23.0. The van der Waals surface area contributed by atoms with E-state index in [4.69, 9.17) is 21.1 Å². The number of hydrogen-bond acceptors (Lipinski definition) is 6. The molecule has 12 heteroatoms. The zero-order valence-electron chi connectivity index (χ0n) is 27.2. The van der Waals surface area contributed by atoms with Gasteiger partial charge in [0, 0.05) is 34.6 Å². The van der Waals surface area contributed by atoms with Crippen LogP contribution in [0, 0.1) is 0 Å². The van der Waals surface area contributed by atoms with Crippen LogP contribution in [0.1, 0.15) is 31.4 Å². The molecule has 254 valence electrons. The summed E-state index contributed by atoms with van der Waals surface area (Å²) in [4.78, 5) is 29.9. The van der Waals surface area contributed by atoms with Crippen molar-refractivity contribution in [2.24, 2.45) is 0 Å². The zero-order valence-corrected chi connectivity index (χ0v) is 30.4. The lowest BCUT2D eigenvalue weighted by molar-refractivity contribution is -0.140. The average molecular weight is 757 g/mol. The number of methoxy groups -OCH3 is 2. The normalized spacial score (nSPS) is 12.5. The van der Waals surface area contributed by atoms with Gasteiger partial charge in [-0.25, -0.2) is 8.42 Å². The molecule has 0 aliphatic heterocycles. The lowest BCUT2D eigenvalue weighted by Gasteiger charge is -2.34. The SMILES string of the molecule is CC[C@@H](C)NC(=O)[C@H](Cc1ccccc1)N(Cc1ccc(Br)cc1)C(=O)CN(c1ccc(Cl)cc1)S(=O)(=O)c1ccc(OC)c(OC)c1. The van der Waals surface area contributed by atoms with E-state index in [9.17, 15) is 18.0 Å². The molecule has 0 aliphatic carbocycles. The number of carbonyl (C=O) groups is 2. The maximum absolute atomic E-state index is 14.6. The standard InChI is InChI=1S/C36H39BrClN3O6S/c1-5-25(2)39-36(43)32(21-26-9-7-6-8-10-26)40(23-27-11-13-28(37)14-12-27)35(42)24-41(30-17-15-29(38)16-18-30)48(44,45)31-19-20-33(46-3)34(22-31)47-4/h6-20,22,25,32H,5,21,23-24H2,1-4H3,(H,39,43)/t25-,32+/m1/s1. The predicted octanol–water partition coefficient (Wildman–Crippen LogP) is 6.87. The van der Waals surface area contributed by atoms with Gasteiger partial charge in [-0.05, 0) is 73.0 Å². The van der Waals surface area contributed by atoms with Gasteiger partial charge in [0.15, 0.2) is 11.5 Å². The Hall–Kier alpha value is -4.06. The van der Waals surface area contributed by atoms with E-state index in [2.05, 4.69) is 21.2 Å². The number of rotatable bonds is 15. The summed E-state index contributed by atoms with van der Waals surface area (Å²) in [6.07, 6.45) is 0.910. The third-order valence-corrected chi connectivity index (χ3v) is 10.4. The van der Waals surface area contributed by atoms with Gasteiger partial charge in [-0.1, -0.05) is 76.9 Å². The predicted molar refractivity (Wildman–Crippen MR) is 192 cm³/mol. The fraction of sp³-hybridized carbons (Fsp3) is 0.278. The van der Waals surface area contributed by atoms with Crippen molar-refractivity contribution in [1.82, 2.24) is 10.2 Å². The van der Waals surface area contributed by atoms with Crippen LogP contribution in [0.15, 0.2) is 106 Å². The summed E-state index contributed by atoms with van der Waals surface area (Å²) in [6, 6.07) is 26.1. The van der Waals surface area contributed by atoms with E-state index in [-0.39, 0.29) is 41.2 Å². The molecule has 48 heavy (non-hydrogen) atoms. The number of ether oxygens (including phenoxy) is 2. The van der Waals surface area contributed by atoms with E-state index < -0.39 is 28.5 Å². The van der Waals surface area contributed by atoms with Crippen molar-refractivity contribution in [2.45, 2.75) is 50.2 Å². The molecule has 4 aromatic rings. The lowest BCUT2D eigenvalue weighted by Crippen LogP contribution is -2.54. The molecule has 9 nitrogen and oxygen atoms in total. The number of anilines is 1. The van der Waals surface area contributed by atoms with Gasteiger partial charge in [0.1, 0.15) is 12.6 Å². The van der Waals surface area contributed by atoms with Gasteiger partial charge >= 0.3 is 0 Å². The van der Waals surface area contributed by atoms with Crippen LogP contribution in [0.4, 0.5) is 5.69 Å². The van der Waals surface area contributed by atoms with Gasteiger partial charge in [-0.2, -0.15) is 0 Å². The molecule has 0 saturated heterocycles. The van der Waals surface area contributed by atoms with Crippen molar-refractivity contribution < 1.29 is 27.5 Å². The number of halogens is 2. The number of sulfonamides is 1. The van der Waals surface area contributed by atoms with Crippen LogP contribution in [-0.4, -0.2) is 58.0 Å². The average Bonchev–Trinajstić information content (AvgIpc) is 3.09. The third kappa shape index (κ3) is 9.30. The Morgan fingerprint density at radius 3 is 2.12 bits per heavy atom. The molecule has 0 aliphatic rings. The van der Waals surface area contributed by atoms with Crippen molar-refractivity contribution in [3.05, 3.63) is 118 Å². The minimum absolute atomic E-state index is 0.0579. The Morgan fingerprint density at radius 2 is 1.52 bits per heavy atom. The molecule has 4 rings (SSSR count). The number of nitrogens with one attached hydrogen (secondary N) is 1. The largest absolute Gasteiger partial charge is 0.493 e. The highest BCUT2D eigenvalue weighted by atomic mass is 79.9. The molecular formula is C36H39BrClN3O6S. The highest BCUT2D eigenvalue weighted by Gasteiger charge is 2.35. The molecule has 1 N–H and O–H groups in total. The van der Waals surface area contributed by atoms with Crippen LogP contribution in [0.5, 0.6) is 11.5 Å². The summed E-state index contributed by atoms with van der Waals surface area (Å²) in [5, 5.41) is 3.44. The van der Waals surface area contributed by atoms with E-state index in [1.165, 1.54) is 49.5 Å². The monoisotopic (exact) mass is 755 g/mol. The lowest BCUT2D eigenvalue weighted by atomic mass is 10.0. The fourth-order valence-corrected chi connectivity index (χ4v) is 6.84. The van der Waals surface area contributed by atoms with Crippen molar-refractivity contribution >= 4 is 55.1 Å². The number of carbonyl (C=O) groups excluding carboxylic acids is 2. The van der Waals surface area contributed by atoms with Crippen LogP contribution >= 0.6 is 27.5 Å². The third-order valence-electron chi connectivity index (χ3n) is 7.87. The molecule has 0 heterocycles. The molecule has 0 radical (unpaired) electrons. The Balaban J connectivity index is 1.82.